The number of aromatic nitrogens is 2. The molecule has 1 heterocycles. The van der Waals surface area contributed by atoms with Gasteiger partial charge in [0.15, 0.2) is 0 Å². The lowest BCUT2D eigenvalue weighted by Crippen LogP contribution is -2.23. The molecule has 82 valence electrons. The molecule has 0 bridgehead atoms. The quantitative estimate of drug-likeness (QED) is 0.720. The summed E-state index contributed by atoms with van der Waals surface area (Å²) in [6.07, 6.45) is 10.2. The summed E-state index contributed by atoms with van der Waals surface area (Å²) < 4.78 is 0. The minimum Gasteiger partial charge on any atom is -0.245 e. The molecule has 1 aliphatic rings. The van der Waals surface area contributed by atoms with Crippen molar-refractivity contribution in [2.24, 2.45) is 5.92 Å². The van der Waals surface area contributed by atoms with Crippen LogP contribution in [0.15, 0.2) is 18.7 Å². The predicted molar refractivity (Wildman–Crippen MR) is 62.0 cm³/mol. The maximum absolute atomic E-state index is 6.24. The van der Waals surface area contributed by atoms with Crippen LogP contribution in [0.2, 0.25) is 0 Å². The van der Waals surface area contributed by atoms with Gasteiger partial charge in [0.05, 0.1) is 0 Å². The Kier molecular flexibility index (Phi) is 3.57. The van der Waals surface area contributed by atoms with Crippen LogP contribution in [0.1, 0.15) is 44.1 Å². The van der Waals surface area contributed by atoms with Crippen LogP contribution in [-0.2, 0) is 0 Å². The molecule has 1 aromatic heterocycles. The maximum atomic E-state index is 6.24. The van der Waals surface area contributed by atoms with E-state index in [0.717, 1.165) is 18.8 Å². The number of rotatable bonds is 2. The molecule has 1 fully saturated rings. The molecule has 0 N–H and O–H groups in total. The van der Waals surface area contributed by atoms with E-state index in [1.807, 2.05) is 12.4 Å². The van der Waals surface area contributed by atoms with Crippen molar-refractivity contribution in [1.29, 1.82) is 0 Å². The minimum absolute atomic E-state index is 0.331. The van der Waals surface area contributed by atoms with E-state index < -0.39 is 0 Å². The monoisotopic (exact) mass is 224 g/mol. The molecule has 3 atom stereocenters. The van der Waals surface area contributed by atoms with Crippen LogP contribution in [0.4, 0.5) is 0 Å². The molecule has 0 aliphatic heterocycles. The van der Waals surface area contributed by atoms with Gasteiger partial charge in [0.1, 0.15) is 6.33 Å². The maximum Gasteiger partial charge on any atom is 0.115 e. The third-order valence-electron chi connectivity index (χ3n) is 3.46. The number of hydrogen-bond acceptors (Lipinski definition) is 2. The largest absolute Gasteiger partial charge is 0.245 e. The van der Waals surface area contributed by atoms with Crippen LogP contribution in [0, 0.1) is 5.92 Å². The highest BCUT2D eigenvalue weighted by Gasteiger charge is 2.29. The topological polar surface area (TPSA) is 25.8 Å². The molecular formula is C12H17ClN2. The molecule has 2 nitrogen and oxygen atoms in total. The molecule has 1 saturated carbocycles. The van der Waals surface area contributed by atoms with E-state index >= 15 is 0 Å². The van der Waals surface area contributed by atoms with Gasteiger partial charge in [-0.25, -0.2) is 9.97 Å². The van der Waals surface area contributed by atoms with E-state index in [2.05, 4.69) is 16.9 Å². The Morgan fingerprint density at radius 1 is 1.33 bits per heavy atom. The first-order valence-electron chi connectivity index (χ1n) is 5.70. The van der Waals surface area contributed by atoms with Crippen LogP contribution in [-0.4, -0.2) is 15.3 Å². The average molecular weight is 225 g/mol. The lowest BCUT2D eigenvalue weighted by Gasteiger charge is -2.33. The van der Waals surface area contributed by atoms with Crippen molar-refractivity contribution >= 4 is 11.6 Å². The molecule has 3 heteroatoms. The Balaban J connectivity index is 2.17. The first kappa shape index (κ1) is 10.9. The van der Waals surface area contributed by atoms with Crippen molar-refractivity contribution < 1.29 is 0 Å². The molecular weight excluding hydrogens is 208 g/mol. The first-order valence-corrected chi connectivity index (χ1v) is 6.14. The molecule has 1 aliphatic carbocycles. The van der Waals surface area contributed by atoms with E-state index in [4.69, 9.17) is 11.6 Å². The summed E-state index contributed by atoms with van der Waals surface area (Å²) in [5, 5.41) is 0.331. The highest BCUT2D eigenvalue weighted by molar-refractivity contribution is 6.20. The van der Waals surface area contributed by atoms with Crippen molar-refractivity contribution in [3.63, 3.8) is 0 Å². The fraction of sp³-hybridized carbons (Fsp3) is 0.667. The number of alkyl halides is 1. The third kappa shape index (κ3) is 2.49. The second-order valence-electron chi connectivity index (χ2n) is 4.36. The fourth-order valence-corrected chi connectivity index (χ4v) is 2.90. The van der Waals surface area contributed by atoms with Crippen molar-refractivity contribution in [1.82, 2.24) is 9.97 Å². The molecule has 0 spiro atoms. The van der Waals surface area contributed by atoms with E-state index in [1.54, 1.807) is 6.33 Å². The SMILES string of the molecule is CCC1CCC(Cl)CC1c1cncnc1. The first-order chi connectivity index (χ1) is 7.31. The molecule has 0 radical (unpaired) electrons. The summed E-state index contributed by atoms with van der Waals surface area (Å²) in [6.45, 7) is 2.26. The van der Waals surface area contributed by atoms with Crippen LogP contribution in [0.3, 0.4) is 0 Å². The smallest absolute Gasteiger partial charge is 0.115 e. The van der Waals surface area contributed by atoms with Gasteiger partial charge in [0.2, 0.25) is 0 Å². The Morgan fingerprint density at radius 3 is 2.73 bits per heavy atom. The van der Waals surface area contributed by atoms with Gasteiger partial charge in [0.25, 0.3) is 0 Å². The van der Waals surface area contributed by atoms with Gasteiger partial charge in [-0.15, -0.1) is 11.6 Å². The Morgan fingerprint density at radius 2 is 2.07 bits per heavy atom. The van der Waals surface area contributed by atoms with Gasteiger partial charge in [0, 0.05) is 17.8 Å². The van der Waals surface area contributed by atoms with Gasteiger partial charge in [-0.3, -0.25) is 0 Å². The molecule has 15 heavy (non-hydrogen) atoms. The third-order valence-corrected chi connectivity index (χ3v) is 3.86. The fourth-order valence-electron chi connectivity index (χ4n) is 2.58. The molecule has 3 unspecified atom stereocenters. The number of nitrogens with zero attached hydrogens (tertiary/aromatic N) is 2. The van der Waals surface area contributed by atoms with Gasteiger partial charge in [-0.1, -0.05) is 13.3 Å². The predicted octanol–water partition coefficient (Wildman–Crippen LogP) is 3.38. The Labute approximate surface area is 96.1 Å². The van der Waals surface area contributed by atoms with E-state index in [-0.39, 0.29) is 0 Å². The number of halogens is 1. The zero-order valence-electron chi connectivity index (χ0n) is 9.06. The van der Waals surface area contributed by atoms with E-state index in [1.165, 1.54) is 18.4 Å². The highest BCUT2D eigenvalue weighted by Crippen LogP contribution is 2.40. The Bertz CT molecular complexity index is 302. The molecule has 0 aromatic carbocycles. The van der Waals surface area contributed by atoms with Gasteiger partial charge in [-0.2, -0.15) is 0 Å². The summed E-state index contributed by atoms with van der Waals surface area (Å²) in [6, 6.07) is 0. The standard InChI is InChI=1S/C12H17ClN2/c1-2-9-3-4-11(13)5-12(9)10-6-14-8-15-7-10/h6-9,11-12H,2-5H2,1H3. The van der Waals surface area contributed by atoms with Gasteiger partial charge in [-0.05, 0) is 36.7 Å². The van der Waals surface area contributed by atoms with Crippen LogP contribution in [0.5, 0.6) is 0 Å². The minimum atomic E-state index is 0.331. The van der Waals surface area contributed by atoms with Gasteiger partial charge < -0.3 is 0 Å². The van der Waals surface area contributed by atoms with E-state index in [9.17, 15) is 0 Å². The highest BCUT2D eigenvalue weighted by atomic mass is 35.5. The lowest BCUT2D eigenvalue weighted by atomic mass is 9.75. The van der Waals surface area contributed by atoms with Gasteiger partial charge >= 0.3 is 0 Å². The van der Waals surface area contributed by atoms with Crippen LogP contribution >= 0.6 is 11.6 Å². The second kappa shape index (κ2) is 4.93. The molecule has 0 amide bonds. The summed E-state index contributed by atoms with van der Waals surface area (Å²) >= 11 is 6.24. The normalized spacial score (nSPS) is 31.5. The molecule has 0 saturated heterocycles. The summed E-state index contributed by atoms with van der Waals surface area (Å²) in [5.74, 6) is 1.32. The summed E-state index contributed by atoms with van der Waals surface area (Å²) in [4.78, 5) is 8.20. The zero-order chi connectivity index (χ0) is 10.7. The summed E-state index contributed by atoms with van der Waals surface area (Å²) in [7, 11) is 0. The Hall–Kier alpha value is -0.630. The van der Waals surface area contributed by atoms with Crippen molar-refractivity contribution in [2.75, 3.05) is 0 Å². The summed E-state index contributed by atoms with van der Waals surface area (Å²) in [5.41, 5.74) is 1.26. The van der Waals surface area contributed by atoms with Crippen molar-refractivity contribution in [3.8, 4) is 0 Å². The lowest BCUT2D eigenvalue weighted by molar-refractivity contribution is 0.302. The van der Waals surface area contributed by atoms with Crippen LogP contribution in [0.25, 0.3) is 0 Å². The van der Waals surface area contributed by atoms with Crippen molar-refractivity contribution in [2.45, 2.75) is 43.9 Å². The number of hydrogen-bond donors (Lipinski definition) is 0. The molecule has 1 aromatic rings. The average Bonchev–Trinajstić information content (AvgIpc) is 2.30. The molecule has 2 rings (SSSR count). The zero-order valence-corrected chi connectivity index (χ0v) is 9.82. The van der Waals surface area contributed by atoms with Crippen molar-refractivity contribution in [3.05, 3.63) is 24.3 Å². The van der Waals surface area contributed by atoms with Crippen LogP contribution < -0.4 is 0 Å². The second-order valence-corrected chi connectivity index (χ2v) is 4.97. The van der Waals surface area contributed by atoms with E-state index in [0.29, 0.717) is 11.3 Å².